The number of piperidine rings is 1. The standard InChI is InChI=1S/C26H28Cl2N4O5/c27-19-1-6-24(23(28)15-19)35-14-10-18-7-11-30(12-8-18)20-2-4-21(5-3-20)36-17-22-9-13-31-16-25(32(33)34)29-26(31)37-22/h1-6,15-16,18,22H,7-14,17H2. The number of nitro groups is 1. The van der Waals surface area contributed by atoms with Gasteiger partial charge in [-0.15, -0.1) is 0 Å². The summed E-state index contributed by atoms with van der Waals surface area (Å²) in [6.07, 6.45) is 5.13. The van der Waals surface area contributed by atoms with Crippen LogP contribution in [0.25, 0.3) is 0 Å². The van der Waals surface area contributed by atoms with Gasteiger partial charge in [-0.1, -0.05) is 23.2 Å². The number of hydrogen-bond acceptors (Lipinski definition) is 7. The molecule has 196 valence electrons. The molecule has 0 aliphatic carbocycles. The molecule has 11 heteroatoms. The SMILES string of the molecule is O=[N+]([O-])c1cn2c(n1)OC(COc1ccc(N3CCC(CCOc4ccc(Cl)cc4Cl)CC3)cc1)CC2. The Morgan fingerprint density at radius 2 is 1.84 bits per heavy atom. The Labute approximate surface area is 225 Å². The second kappa shape index (κ2) is 11.5. The molecule has 1 saturated heterocycles. The second-order valence-corrected chi connectivity index (χ2v) is 10.2. The van der Waals surface area contributed by atoms with Crippen LogP contribution in [0.4, 0.5) is 11.5 Å². The molecular formula is C26H28Cl2N4O5. The van der Waals surface area contributed by atoms with Crippen LogP contribution < -0.4 is 19.1 Å². The quantitative estimate of drug-likeness (QED) is 0.239. The molecule has 0 saturated carbocycles. The first kappa shape index (κ1) is 25.5. The minimum absolute atomic E-state index is 0.201. The molecule has 0 N–H and O–H groups in total. The van der Waals surface area contributed by atoms with Crippen LogP contribution in [0, 0.1) is 16.0 Å². The van der Waals surface area contributed by atoms with Gasteiger partial charge in [0.05, 0.1) is 11.6 Å². The lowest BCUT2D eigenvalue weighted by atomic mass is 9.93. The molecular weight excluding hydrogens is 519 g/mol. The topological polar surface area (TPSA) is 91.9 Å². The van der Waals surface area contributed by atoms with E-state index in [0.29, 0.717) is 47.9 Å². The predicted octanol–water partition coefficient (Wildman–Crippen LogP) is 6.01. The largest absolute Gasteiger partial charge is 0.492 e. The van der Waals surface area contributed by atoms with Gasteiger partial charge in [-0.2, -0.15) is 0 Å². The third kappa shape index (κ3) is 6.40. The normalized spacial score (nSPS) is 17.7. The fourth-order valence-electron chi connectivity index (χ4n) is 4.69. The summed E-state index contributed by atoms with van der Waals surface area (Å²) in [5.41, 5.74) is 1.18. The van der Waals surface area contributed by atoms with Gasteiger partial charge >= 0.3 is 11.8 Å². The first-order chi connectivity index (χ1) is 17.9. The van der Waals surface area contributed by atoms with Crippen LogP contribution in [-0.2, 0) is 6.54 Å². The molecule has 2 aliphatic rings. The predicted molar refractivity (Wildman–Crippen MR) is 141 cm³/mol. The number of rotatable bonds is 9. The van der Waals surface area contributed by atoms with E-state index < -0.39 is 4.92 Å². The maximum absolute atomic E-state index is 10.9. The van der Waals surface area contributed by atoms with Gasteiger partial charge in [0.15, 0.2) is 0 Å². The minimum Gasteiger partial charge on any atom is -0.492 e. The van der Waals surface area contributed by atoms with Gasteiger partial charge in [0.1, 0.15) is 30.4 Å². The zero-order chi connectivity index (χ0) is 25.8. The number of hydrogen-bond donors (Lipinski definition) is 0. The number of ether oxygens (including phenoxy) is 3. The molecule has 0 spiro atoms. The van der Waals surface area contributed by atoms with Gasteiger partial charge < -0.3 is 29.2 Å². The third-order valence-corrected chi connectivity index (χ3v) is 7.34. The Balaban J connectivity index is 1.03. The van der Waals surface area contributed by atoms with Crippen molar-refractivity contribution in [3.05, 3.63) is 68.8 Å². The summed E-state index contributed by atoms with van der Waals surface area (Å²) in [7, 11) is 0. The fraction of sp³-hybridized carbons (Fsp3) is 0.423. The summed E-state index contributed by atoms with van der Waals surface area (Å²) >= 11 is 12.1. The first-order valence-corrected chi connectivity index (χ1v) is 13.1. The lowest BCUT2D eigenvalue weighted by Gasteiger charge is -2.33. The molecule has 1 unspecified atom stereocenters. The Kier molecular flexibility index (Phi) is 7.90. The summed E-state index contributed by atoms with van der Waals surface area (Å²) in [5, 5.41) is 12.1. The number of nitrogens with zero attached hydrogens (tertiary/aromatic N) is 4. The van der Waals surface area contributed by atoms with E-state index in [0.717, 1.165) is 38.1 Å². The van der Waals surface area contributed by atoms with Crippen molar-refractivity contribution in [2.75, 3.05) is 31.2 Å². The highest BCUT2D eigenvalue weighted by Crippen LogP contribution is 2.30. The van der Waals surface area contributed by atoms with Crippen molar-refractivity contribution in [3.63, 3.8) is 0 Å². The summed E-state index contributed by atoms with van der Waals surface area (Å²) in [4.78, 5) is 16.7. The molecule has 3 aromatic rings. The molecule has 2 aliphatic heterocycles. The fourth-order valence-corrected chi connectivity index (χ4v) is 5.15. The zero-order valence-electron chi connectivity index (χ0n) is 20.2. The van der Waals surface area contributed by atoms with Crippen LogP contribution in [0.1, 0.15) is 25.7 Å². The minimum atomic E-state index is -0.516. The number of imidazole rings is 1. The molecule has 1 atom stereocenters. The number of anilines is 1. The van der Waals surface area contributed by atoms with Crippen molar-refractivity contribution < 1.29 is 19.1 Å². The lowest BCUT2D eigenvalue weighted by Crippen LogP contribution is -2.34. The molecule has 0 amide bonds. The van der Waals surface area contributed by atoms with Gasteiger partial charge in [-0.05, 0) is 72.6 Å². The van der Waals surface area contributed by atoms with Crippen LogP contribution in [0.15, 0.2) is 48.7 Å². The van der Waals surface area contributed by atoms with Crippen molar-refractivity contribution >= 4 is 34.7 Å². The number of benzene rings is 2. The maximum Gasteiger partial charge on any atom is 0.414 e. The van der Waals surface area contributed by atoms with E-state index in [1.807, 2.05) is 18.2 Å². The number of halogens is 2. The Morgan fingerprint density at radius 3 is 2.57 bits per heavy atom. The summed E-state index contributed by atoms with van der Waals surface area (Å²) < 4.78 is 19.2. The smallest absolute Gasteiger partial charge is 0.414 e. The molecule has 9 nitrogen and oxygen atoms in total. The second-order valence-electron chi connectivity index (χ2n) is 9.31. The third-order valence-electron chi connectivity index (χ3n) is 6.81. The van der Waals surface area contributed by atoms with Gasteiger partial charge in [-0.25, -0.2) is 0 Å². The van der Waals surface area contributed by atoms with Crippen molar-refractivity contribution in [2.45, 2.75) is 38.3 Å². The van der Waals surface area contributed by atoms with Gasteiger partial charge in [0.2, 0.25) is 0 Å². The molecule has 0 radical (unpaired) electrons. The number of fused-ring (bicyclic) bond motifs is 1. The highest BCUT2D eigenvalue weighted by atomic mass is 35.5. The maximum atomic E-state index is 10.9. The van der Waals surface area contributed by atoms with Crippen molar-refractivity contribution in [1.29, 1.82) is 0 Å². The average Bonchev–Trinajstić information content (AvgIpc) is 3.34. The number of aromatic nitrogens is 2. The molecule has 0 bridgehead atoms. The van der Waals surface area contributed by atoms with E-state index in [4.69, 9.17) is 37.4 Å². The van der Waals surface area contributed by atoms with Crippen molar-refractivity contribution in [2.24, 2.45) is 5.92 Å². The van der Waals surface area contributed by atoms with Crippen molar-refractivity contribution in [3.8, 4) is 17.5 Å². The Morgan fingerprint density at radius 1 is 1.05 bits per heavy atom. The van der Waals surface area contributed by atoms with Gasteiger partial charge in [-0.3, -0.25) is 4.57 Å². The highest BCUT2D eigenvalue weighted by Gasteiger charge is 2.28. The Hall–Kier alpha value is -3.17. The summed E-state index contributed by atoms with van der Waals surface area (Å²) in [5.74, 6) is 1.86. The Bertz CT molecular complexity index is 1230. The number of aryl methyl sites for hydroxylation is 1. The van der Waals surface area contributed by atoms with E-state index in [1.54, 1.807) is 16.7 Å². The molecule has 1 aromatic heterocycles. The molecule has 1 fully saturated rings. The summed E-state index contributed by atoms with van der Waals surface area (Å²) in [6.45, 7) is 3.61. The molecule has 37 heavy (non-hydrogen) atoms. The monoisotopic (exact) mass is 546 g/mol. The molecule has 3 heterocycles. The average molecular weight is 547 g/mol. The van der Waals surface area contributed by atoms with Crippen LogP contribution in [0.2, 0.25) is 10.0 Å². The van der Waals surface area contributed by atoms with Crippen LogP contribution >= 0.6 is 23.2 Å². The van der Waals surface area contributed by atoms with E-state index in [2.05, 4.69) is 22.0 Å². The van der Waals surface area contributed by atoms with Crippen LogP contribution in [0.5, 0.6) is 17.5 Å². The molecule has 5 rings (SSSR count). The van der Waals surface area contributed by atoms with E-state index in [9.17, 15) is 10.1 Å². The first-order valence-electron chi connectivity index (χ1n) is 12.4. The van der Waals surface area contributed by atoms with E-state index in [-0.39, 0.29) is 17.9 Å². The lowest BCUT2D eigenvalue weighted by molar-refractivity contribution is -0.389. The highest BCUT2D eigenvalue weighted by molar-refractivity contribution is 6.35. The van der Waals surface area contributed by atoms with Crippen LogP contribution in [-0.4, -0.2) is 46.9 Å². The van der Waals surface area contributed by atoms with Crippen molar-refractivity contribution in [1.82, 2.24) is 9.55 Å². The van der Waals surface area contributed by atoms with Gasteiger partial charge in [0, 0.05) is 41.7 Å². The van der Waals surface area contributed by atoms with E-state index in [1.165, 1.54) is 11.9 Å². The van der Waals surface area contributed by atoms with E-state index >= 15 is 0 Å². The summed E-state index contributed by atoms with van der Waals surface area (Å²) in [6, 6.07) is 13.7. The zero-order valence-corrected chi connectivity index (χ0v) is 21.7. The van der Waals surface area contributed by atoms with Crippen LogP contribution in [0.3, 0.4) is 0 Å². The van der Waals surface area contributed by atoms with Gasteiger partial charge in [0.25, 0.3) is 0 Å². The molecule has 2 aromatic carbocycles.